The van der Waals surface area contributed by atoms with Gasteiger partial charge in [-0.3, -0.25) is 0 Å². The van der Waals surface area contributed by atoms with Gasteiger partial charge in [0.25, 0.3) is 0 Å². The predicted octanol–water partition coefficient (Wildman–Crippen LogP) is 0.850. The molecule has 1 aromatic heterocycles. The number of aliphatic hydroxyl groups is 1. The largest absolute Gasteiger partial charge is 0.384 e. The molecule has 0 aliphatic rings. The van der Waals surface area contributed by atoms with E-state index < -0.39 is 6.10 Å². The minimum absolute atomic E-state index is 0.0943. The van der Waals surface area contributed by atoms with E-state index in [4.69, 9.17) is 5.26 Å². The number of rotatable bonds is 3. The Balaban J connectivity index is 2.80. The number of aryl methyl sites for hydroxylation is 1. The van der Waals surface area contributed by atoms with Crippen molar-refractivity contribution < 1.29 is 5.11 Å². The van der Waals surface area contributed by atoms with Gasteiger partial charge in [0.2, 0.25) is 0 Å². The third-order valence-corrected chi connectivity index (χ3v) is 1.67. The zero-order valence-electron chi connectivity index (χ0n) is 6.94. The summed E-state index contributed by atoms with van der Waals surface area (Å²) in [6.45, 7) is 2.72. The van der Waals surface area contributed by atoms with Crippen LogP contribution in [-0.4, -0.2) is 14.7 Å². The fourth-order valence-electron chi connectivity index (χ4n) is 1.06. The molecule has 1 aromatic rings. The summed E-state index contributed by atoms with van der Waals surface area (Å²) in [6.07, 6.45) is 2.75. The van der Waals surface area contributed by atoms with Crippen LogP contribution in [0.4, 0.5) is 0 Å². The molecule has 12 heavy (non-hydrogen) atoms. The average molecular weight is 165 g/mol. The summed E-state index contributed by atoms with van der Waals surface area (Å²) in [5.41, 5.74) is 0. The van der Waals surface area contributed by atoms with Crippen molar-refractivity contribution in [1.29, 1.82) is 5.26 Å². The van der Waals surface area contributed by atoms with E-state index in [-0.39, 0.29) is 6.42 Å². The van der Waals surface area contributed by atoms with E-state index in [0.29, 0.717) is 5.82 Å². The van der Waals surface area contributed by atoms with Gasteiger partial charge in [-0.15, -0.1) is 0 Å². The minimum Gasteiger partial charge on any atom is -0.384 e. The van der Waals surface area contributed by atoms with Gasteiger partial charge in [-0.1, -0.05) is 0 Å². The van der Waals surface area contributed by atoms with Gasteiger partial charge < -0.3 is 9.67 Å². The zero-order chi connectivity index (χ0) is 8.97. The number of imidazole rings is 1. The molecule has 1 heterocycles. The maximum absolute atomic E-state index is 9.42. The third kappa shape index (κ3) is 1.63. The Morgan fingerprint density at radius 1 is 1.83 bits per heavy atom. The maximum atomic E-state index is 9.42. The first-order valence-electron chi connectivity index (χ1n) is 3.85. The topological polar surface area (TPSA) is 61.8 Å². The van der Waals surface area contributed by atoms with Crippen molar-refractivity contribution in [2.45, 2.75) is 26.0 Å². The van der Waals surface area contributed by atoms with Crippen molar-refractivity contribution >= 4 is 0 Å². The lowest BCUT2D eigenvalue weighted by Crippen LogP contribution is -2.06. The summed E-state index contributed by atoms with van der Waals surface area (Å²) < 4.78 is 1.82. The molecular formula is C8H11N3O. The number of nitriles is 1. The molecule has 1 rings (SSSR count). The van der Waals surface area contributed by atoms with Crippen LogP contribution in [-0.2, 0) is 6.54 Å². The van der Waals surface area contributed by atoms with Gasteiger partial charge in [0.1, 0.15) is 11.9 Å². The van der Waals surface area contributed by atoms with Gasteiger partial charge in [-0.25, -0.2) is 4.98 Å². The number of nitrogens with zero attached hydrogens (tertiary/aromatic N) is 3. The molecule has 1 unspecified atom stereocenters. The van der Waals surface area contributed by atoms with Gasteiger partial charge in [-0.2, -0.15) is 5.26 Å². The molecule has 0 saturated carbocycles. The molecule has 0 amide bonds. The van der Waals surface area contributed by atoms with Crippen LogP contribution in [0.1, 0.15) is 25.3 Å². The minimum atomic E-state index is -0.759. The van der Waals surface area contributed by atoms with Crippen LogP contribution < -0.4 is 0 Å². The molecule has 0 fully saturated rings. The summed E-state index contributed by atoms with van der Waals surface area (Å²) >= 11 is 0. The predicted molar refractivity (Wildman–Crippen MR) is 43.1 cm³/mol. The number of aliphatic hydroxyl groups excluding tert-OH is 1. The van der Waals surface area contributed by atoms with Crippen molar-refractivity contribution in [3.8, 4) is 6.07 Å². The van der Waals surface area contributed by atoms with Crippen molar-refractivity contribution in [3.05, 3.63) is 18.2 Å². The summed E-state index contributed by atoms with van der Waals surface area (Å²) in [7, 11) is 0. The lowest BCUT2D eigenvalue weighted by molar-refractivity contribution is 0.168. The second-order valence-electron chi connectivity index (χ2n) is 2.45. The standard InChI is InChI=1S/C8H11N3O/c1-2-11-6-5-10-8(11)7(12)3-4-9/h5-7,12H,2-3H2,1H3. The first-order valence-corrected chi connectivity index (χ1v) is 3.85. The quantitative estimate of drug-likeness (QED) is 0.722. The van der Waals surface area contributed by atoms with Gasteiger partial charge in [0.05, 0.1) is 12.5 Å². The van der Waals surface area contributed by atoms with E-state index in [2.05, 4.69) is 4.98 Å². The molecule has 0 bridgehead atoms. The molecule has 0 spiro atoms. The van der Waals surface area contributed by atoms with Crippen LogP contribution in [0.5, 0.6) is 0 Å². The van der Waals surface area contributed by atoms with Gasteiger partial charge in [0.15, 0.2) is 0 Å². The second kappa shape index (κ2) is 3.88. The Labute approximate surface area is 71.1 Å². The molecule has 0 radical (unpaired) electrons. The van der Waals surface area contributed by atoms with Crippen LogP contribution >= 0.6 is 0 Å². The van der Waals surface area contributed by atoms with E-state index in [1.54, 1.807) is 12.4 Å². The molecule has 0 saturated heterocycles. The highest BCUT2D eigenvalue weighted by Crippen LogP contribution is 2.13. The molecule has 4 heteroatoms. The first kappa shape index (κ1) is 8.75. The smallest absolute Gasteiger partial charge is 0.138 e. The molecule has 64 valence electrons. The fraction of sp³-hybridized carbons (Fsp3) is 0.500. The van der Waals surface area contributed by atoms with E-state index in [1.807, 2.05) is 17.6 Å². The van der Waals surface area contributed by atoms with E-state index >= 15 is 0 Å². The first-order chi connectivity index (χ1) is 5.79. The van der Waals surface area contributed by atoms with Crippen LogP contribution in [0.15, 0.2) is 12.4 Å². The van der Waals surface area contributed by atoms with Crippen LogP contribution in [0.2, 0.25) is 0 Å². The number of hydrogen-bond donors (Lipinski definition) is 1. The highest BCUT2D eigenvalue weighted by atomic mass is 16.3. The summed E-state index contributed by atoms with van der Waals surface area (Å²) in [5.74, 6) is 0.569. The lowest BCUT2D eigenvalue weighted by Gasteiger charge is -2.07. The molecular weight excluding hydrogens is 154 g/mol. The van der Waals surface area contributed by atoms with Gasteiger partial charge >= 0.3 is 0 Å². The normalized spacial score (nSPS) is 12.4. The zero-order valence-corrected chi connectivity index (χ0v) is 6.94. The average Bonchev–Trinajstić information content (AvgIpc) is 2.51. The fourth-order valence-corrected chi connectivity index (χ4v) is 1.06. The highest BCUT2D eigenvalue weighted by Gasteiger charge is 2.11. The van der Waals surface area contributed by atoms with Crippen molar-refractivity contribution in [2.75, 3.05) is 0 Å². The van der Waals surface area contributed by atoms with Crippen molar-refractivity contribution in [2.24, 2.45) is 0 Å². The van der Waals surface area contributed by atoms with E-state index in [9.17, 15) is 5.11 Å². The number of hydrogen-bond acceptors (Lipinski definition) is 3. The second-order valence-corrected chi connectivity index (χ2v) is 2.45. The van der Waals surface area contributed by atoms with Crippen LogP contribution in [0.25, 0.3) is 0 Å². The van der Waals surface area contributed by atoms with E-state index in [0.717, 1.165) is 6.54 Å². The number of aromatic nitrogens is 2. The van der Waals surface area contributed by atoms with Crippen LogP contribution in [0, 0.1) is 11.3 Å². The molecule has 1 N–H and O–H groups in total. The maximum Gasteiger partial charge on any atom is 0.138 e. The summed E-state index contributed by atoms with van der Waals surface area (Å²) in [5, 5.41) is 17.8. The molecule has 1 atom stereocenters. The summed E-state index contributed by atoms with van der Waals surface area (Å²) in [6, 6.07) is 1.90. The molecule has 0 aliphatic carbocycles. The Kier molecular flexibility index (Phi) is 2.83. The lowest BCUT2D eigenvalue weighted by atomic mass is 10.2. The monoisotopic (exact) mass is 165 g/mol. The van der Waals surface area contributed by atoms with Crippen molar-refractivity contribution in [3.63, 3.8) is 0 Å². The Morgan fingerprint density at radius 3 is 3.17 bits per heavy atom. The molecule has 0 aromatic carbocycles. The Morgan fingerprint density at radius 2 is 2.58 bits per heavy atom. The SMILES string of the molecule is CCn1ccnc1C(O)CC#N. The molecule has 4 nitrogen and oxygen atoms in total. The Hall–Kier alpha value is -1.34. The van der Waals surface area contributed by atoms with Crippen LogP contribution in [0.3, 0.4) is 0 Å². The van der Waals surface area contributed by atoms with Crippen molar-refractivity contribution in [1.82, 2.24) is 9.55 Å². The van der Waals surface area contributed by atoms with E-state index in [1.165, 1.54) is 0 Å². The molecule has 0 aliphatic heterocycles. The summed E-state index contributed by atoms with van der Waals surface area (Å²) in [4.78, 5) is 3.97. The van der Waals surface area contributed by atoms with Gasteiger partial charge in [0, 0.05) is 18.9 Å². The highest BCUT2D eigenvalue weighted by molar-refractivity contribution is 4.98. The van der Waals surface area contributed by atoms with Gasteiger partial charge in [-0.05, 0) is 6.92 Å². The Bertz CT molecular complexity index is 287. The third-order valence-electron chi connectivity index (χ3n) is 1.67.